The molecule has 6 heteroatoms. The molecule has 4 nitrogen and oxygen atoms in total. The first-order valence-electron chi connectivity index (χ1n) is 16.3. The van der Waals surface area contributed by atoms with Gasteiger partial charge in [0.1, 0.15) is 23.9 Å². The summed E-state index contributed by atoms with van der Waals surface area (Å²) in [6, 6.07) is 26.1. The zero-order valence-electron chi connectivity index (χ0n) is 27.7. The third kappa shape index (κ3) is 8.26. The van der Waals surface area contributed by atoms with E-state index in [1.807, 2.05) is 12.1 Å². The summed E-state index contributed by atoms with van der Waals surface area (Å²) < 4.78 is 32.1. The first-order chi connectivity index (χ1) is 21.2. The molecule has 0 saturated heterocycles. The lowest BCUT2D eigenvalue weighted by Crippen LogP contribution is -3.00. The Labute approximate surface area is 279 Å². The van der Waals surface area contributed by atoms with Crippen molar-refractivity contribution in [1.82, 2.24) is 4.57 Å². The van der Waals surface area contributed by atoms with E-state index >= 15 is 0 Å². The van der Waals surface area contributed by atoms with Crippen LogP contribution in [0.5, 0.6) is 11.5 Å². The van der Waals surface area contributed by atoms with Gasteiger partial charge in [-0.25, -0.2) is 13.5 Å². The van der Waals surface area contributed by atoms with Gasteiger partial charge in [0.15, 0.2) is 11.0 Å². The highest BCUT2D eigenvalue weighted by Crippen LogP contribution is 2.38. The van der Waals surface area contributed by atoms with Crippen LogP contribution in [0.4, 0.5) is 4.39 Å². The molecule has 240 valence electrons. The molecule has 1 heterocycles. The normalized spacial score (nSPS) is 11.6. The van der Waals surface area contributed by atoms with Gasteiger partial charge in [0.05, 0.1) is 25.3 Å². The molecule has 0 spiro atoms. The average Bonchev–Trinajstić information content (AvgIpc) is 3.30. The molecule has 0 unspecified atom stereocenters. The van der Waals surface area contributed by atoms with Crippen molar-refractivity contribution < 1.29 is 35.4 Å². The number of imidazole rings is 1. The number of nitrogens with zero attached hydrogens (tertiary/aromatic N) is 2. The first kappa shape index (κ1) is 34.5. The molecule has 0 amide bonds. The highest BCUT2D eigenvalue weighted by atomic mass is 79.9. The predicted octanol–water partition coefficient (Wildman–Crippen LogP) is 6.84. The van der Waals surface area contributed by atoms with Crippen molar-refractivity contribution in [1.29, 1.82) is 0 Å². The van der Waals surface area contributed by atoms with Gasteiger partial charge in [0.25, 0.3) is 5.82 Å². The Kier molecular flexibility index (Phi) is 12.1. The number of fused-ring (bicyclic) bond motifs is 2. The van der Waals surface area contributed by atoms with Crippen molar-refractivity contribution in [2.75, 3.05) is 13.2 Å². The third-order valence-electron chi connectivity index (χ3n) is 8.26. The largest absolute Gasteiger partial charge is 1.00 e. The standard InChI is InChI=1S/C39H48FN2O2.BrH/c1-27(2)19-22-41-35-13-9-10-14-36(35)42(39(41)30-15-17-32(40)18-16-30)26-31-25-37(43-23-20-28(3)4)33-11-7-8-12-34(33)38(31)44-24-21-29(5)6;/h7-18,25,27-29H,19-24,26H2,1-6H3;1H/q+1;/p-1. The van der Waals surface area contributed by atoms with Crippen LogP contribution in [0.15, 0.2) is 78.9 Å². The molecular formula is C39H48BrFN2O2. The van der Waals surface area contributed by atoms with Crippen LogP contribution in [0.3, 0.4) is 0 Å². The number of para-hydroxylation sites is 2. The van der Waals surface area contributed by atoms with Crippen LogP contribution in [0.2, 0.25) is 0 Å². The van der Waals surface area contributed by atoms with E-state index in [0.717, 1.165) is 70.5 Å². The molecule has 0 aliphatic rings. The van der Waals surface area contributed by atoms with Crippen LogP contribution in [-0.4, -0.2) is 17.8 Å². The minimum atomic E-state index is -0.233. The SMILES string of the molecule is CC(C)CCOc1cc(C[n+]2c(-c3ccc(F)cc3)n(CCC(C)C)c3ccccc32)c(OCCC(C)C)c2ccccc12.[Br-]. The van der Waals surface area contributed by atoms with Crippen LogP contribution in [0.25, 0.3) is 33.2 Å². The number of ether oxygens (including phenoxy) is 2. The molecule has 5 rings (SSSR count). The van der Waals surface area contributed by atoms with E-state index in [2.05, 4.69) is 105 Å². The van der Waals surface area contributed by atoms with Crippen LogP contribution in [0, 0.1) is 23.6 Å². The summed E-state index contributed by atoms with van der Waals surface area (Å²) >= 11 is 0. The molecule has 0 saturated carbocycles. The topological polar surface area (TPSA) is 27.3 Å². The van der Waals surface area contributed by atoms with Gasteiger partial charge in [-0.1, -0.05) is 77.9 Å². The number of aryl methyl sites for hydroxylation is 1. The van der Waals surface area contributed by atoms with Gasteiger partial charge in [-0.2, -0.15) is 0 Å². The first-order valence-corrected chi connectivity index (χ1v) is 16.3. The molecule has 0 bridgehead atoms. The van der Waals surface area contributed by atoms with Gasteiger partial charge in [0.2, 0.25) is 0 Å². The Morgan fingerprint density at radius 3 is 1.98 bits per heavy atom. The fourth-order valence-electron chi connectivity index (χ4n) is 5.73. The second-order valence-corrected chi connectivity index (χ2v) is 13.2. The summed E-state index contributed by atoms with van der Waals surface area (Å²) in [7, 11) is 0. The number of benzene rings is 4. The lowest BCUT2D eigenvalue weighted by molar-refractivity contribution is -0.651. The molecule has 0 aliphatic carbocycles. The monoisotopic (exact) mass is 674 g/mol. The molecule has 45 heavy (non-hydrogen) atoms. The lowest BCUT2D eigenvalue weighted by Gasteiger charge is -2.19. The van der Waals surface area contributed by atoms with E-state index in [-0.39, 0.29) is 22.8 Å². The smallest absolute Gasteiger partial charge is 0.290 e. The minimum Gasteiger partial charge on any atom is -1.00 e. The number of hydrogen-bond acceptors (Lipinski definition) is 2. The van der Waals surface area contributed by atoms with Crippen molar-refractivity contribution in [2.45, 2.75) is 73.9 Å². The molecule has 0 fully saturated rings. The van der Waals surface area contributed by atoms with Crippen molar-refractivity contribution in [3.05, 3.63) is 90.2 Å². The Hall–Kier alpha value is -3.38. The molecule has 5 aromatic rings. The summed E-state index contributed by atoms with van der Waals surface area (Å²) in [4.78, 5) is 0. The quantitative estimate of drug-likeness (QED) is 0.121. The second-order valence-electron chi connectivity index (χ2n) is 13.2. The van der Waals surface area contributed by atoms with Gasteiger partial charge in [-0.15, -0.1) is 0 Å². The summed E-state index contributed by atoms with van der Waals surface area (Å²) in [5.74, 6) is 4.29. The van der Waals surface area contributed by atoms with Gasteiger partial charge >= 0.3 is 0 Å². The van der Waals surface area contributed by atoms with Crippen LogP contribution in [-0.2, 0) is 13.1 Å². The Morgan fingerprint density at radius 2 is 1.31 bits per heavy atom. The fourth-order valence-corrected chi connectivity index (χ4v) is 5.73. The van der Waals surface area contributed by atoms with Crippen LogP contribution in [0.1, 0.15) is 66.4 Å². The highest BCUT2D eigenvalue weighted by Gasteiger charge is 2.28. The van der Waals surface area contributed by atoms with Crippen molar-refractivity contribution in [3.8, 4) is 22.9 Å². The number of rotatable bonds is 14. The van der Waals surface area contributed by atoms with Crippen LogP contribution >= 0.6 is 0 Å². The summed E-state index contributed by atoms with van der Waals surface area (Å²) in [6.45, 7) is 16.2. The van der Waals surface area contributed by atoms with Gasteiger partial charge < -0.3 is 26.5 Å². The zero-order valence-corrected chi connectivity index (χ0v) is 29.2. The zero-order chi connectivity index (χ0) is 31.2. The molecule has 0 atom stereocenters. The maximum atomic E-state index is 14.1. The summed E-state index contributed by atoms with van der Waals surface area (Å²) in [6.07, 6.45) is 3.01. The van der Waals surface area contributed by atoms with E-state index in [1.165, 1.54) is 5.52 Å². The Bertz CT molecular complexity index is 1690. The third-order valence-corrected chi connectivity index (χ3v) is 8.26. The van der Waals surface area contributed by atoms with Crippen molar-refractivity contribution in [2.24, 2.45) is 17.8 Å². The van der Waals surface area contributed by atoms with Gasteiger partial charge in [-0.05, 0) is 79.5 Å². The number of aromatic nitrogens is 2. The van der Waals surface area contributed by atoms with Crippen molar-refractivity contribution in [3.63, 3.8) is 0 Å². The highest BCUT2D eigenvalue weighted by molar-refractivity contribution is 5.94. The Morgan fingerprint density at radius 1 is 0.711 bits per heavy atom. The van der Waals surface area contributed by atoms with E-state index in [1.54, 1.807) is 12.1 Å². The van der Waals surface area contributed by atoms with E-state index in [9.17, 15) is 4.39 Å². The molecule has 0 radical (unpaired) electrons. The number of hydrogen-bond donors (Lipinski definition) is 0. The predicted molar refractivity (Wildman–Crippen MR) is 180 cm³/mol. The molecular weight excluding hydrogens is 627 g/mol. The maximum Gasteiger partial charge on any atom is 0.290 e. The summed E-state index contributed by atoms with van der Waals surface area (Å²) in [5.41, 5.74) is 4.37. The summed E-state index contributed by atoms with van der Waals surface area (Å²) in [5, 5.41) is 2.14. The van der Waals surface area contributed by atoms with Crippen molar-refractivity contribution >= 4 is 21.8 Å². The average molecular weight is 676 g/mol. The van der Waals surface area contributed by atoms with Gasteiger partial charge in [0, 0.05) is 16.3 Å². The van der Waals surface area contributed by atoms with E-state index in [0.29, 0.717) is 37.5 Å². The second kappa shape index (κ2) is 15.8. The molecule has 1 aromatic heterocycles. The lowest BCUT2D eigenvalue weighted by atomic mass is 10.0. The maximum absolute atomic E-state index is 14.1. The molecule has 0 aliphatic heterocycles. The molecule has 4 aromatic carbocycles. The van der Waals surface area contributed by atoms with Crippen LogP contribution < -0.4 is 31.0 Å². The molecule has 0 N–H and O–H groups in total. The number of halogens is 2. The van der Waals surface area contributed by atoms with E-state index in [4.69, 9.17) is 9.47 Å². The minimum absolute atomic E-state index is 0. The van der Waals surface area contributed by atoms with Gasteiger partial charge in [-0.3, -0.25) is 0 Å². The fraction of sp³-hybridized carbons (Fsp3) is 0.410. The Balaban J connectivity index is 0.00000461. The van der Waals surface area contributed by atoms with E-state index < -0.39 is 0 Å².